The van der Waals surface area contributed by atoms with Crippen LogP contribution < -0.4 is 28.4 Å². The number of aromatic nitrogens is 2. The summed E-state index contributed by atoms with van der Waals surface area (Å²) < 4.78 is 47.8. The maximum atomic E-state index is 11.7. The van der Waals surface area contributed by atoms with Gasteiger partial charge in [-0.1, -0.05) is 181 Å². The van der Waals surface area contributed by atoms with Gasteiger partial charge in [0.05, 0.1) is 75.1 Å². The summed E-state index contributed by atoms with van der Waals surface area (Å²) in [6.07, 6.45) is 19.6. The molecular formula is C83H96N2O10S. The number of unbranched alkanes of at least 4 members (excludes halogenated alkanes) is 13. The van der Waals surface area contributed by atoms with E-state index < -0.39 is 0 Å². The van der Waals surface area contributed by atoms with Crippen LogP contribution in [0.5, 0.6) is 34.5 Å². The summed E-state index contributed by atoms with van der Waals surface area (Å²) in [7, 11) is 0. The Balaban J connectivity index is 1.02. The third-order valence-electron chi connectivity index (χ3n) is 15.4. The Kier molecular flexibility index (Phi) is 33.9. The van der Waals surface area contributed by atoms with E-state index in [2.05, 4.69) is 85.3 Å². The summed E-state index contributed by atoms with van der Waals surface area (Å²) in [5.74, 6) is 31.1. The largest absolute Gasteiger partial charge is 0.494 e. The lowest BCUT2D eigenvalue weighted by Gasteiger charge is -2.13. The monoisotopic (exact) mass is 1310 g/mol. The van der Waals surface area contributed by atoms with E-state index in [0.717, 1.165) is 193 Å². The SMILES string of the molecule is CCCCCOc1cc(C#Cc2ccc(-c3nnc(-c4ccc(C#Cc5cc(OCCCCC)c(C#Cc6ccc(OCCCCC(=O)OCC)cc6)cc5OCCCCC)cc4)s3)cc2)c(OCCCCC)cc1C#Cc1ccc(OCCCCCCCC(=O)OCC)cc1. The number of carbonyl (C=O) groups is 2. The first kappa shape index (κ1) is 74.3. The molecule has 0 saturated heterocycles. The Morgan fingerprint density at radius 3 is 0.917 bits per heavy atom. The third-order valence-corrected chi connectivity index (χ3v) is 16.4. The summed E-state index contributed by atoms with van der Waals surface area (Å²) >= 11 is 1.53. The van der Waals surface area contributed by atoms with Crippen LogP contribution >= 0.6 is 11.3 Å². The minimum atomic E-state index is -0.174. The van der Waals surface area contributed by atoms with Crippen LogP contribution in [0.1, 0.15) is 221 Å². The molecule has 7 aromatic rings. The topological polar surface area (TPSA) is 134 Å². The number of hydrogen-bond acceptors (Lipinski definition) is 13. The molecule has 0 bridgehead atoms. The van der Waals surface area contributed by atoms with Crippen LogP contribution in [0.3, 0.4) is 0 Å². The van der Waals surface area contributed by atoms with E-state index in [9.17, 15) is 9.59 Å². The predicted octanol–water partition coefficient (Wildman–Crippen LogP) is 19.1. The van der Waals surface area contributed by atoms with Gasteiger partial charge in [-0.2, -0.15) is 0 Å². The number of nitrogens with zero attached hydrogens (tertiary/aromatic N) is 2. The molecule has 0 fully saturated rings. The van der Waals surface area contributed by atoms with Gasteiger partial charge in [-0.25, -0.2) is 0 Å². The lowest BCUT2D eigenvalue weighted by Crippen LogP contribution is -2.05. The van der Waals surface area contributed by atoms with Gasteiger partial charge in [-0.05, 0) is 138 Å². The van der Waals surface area contributed by atoms with Gasteiger partial charge in [-0.3, -0.25) is 9.59 Å². The standard InChI is InChI=1S/C83H96N2O10S/c1-7-13-22-56-92-76-62-72(48-36-66-38-50-74(51-39-66)90-54-26-19-17-18-20-28-80(86)88-11-5)78(94-58-24-15-9-3)60-70(76)46-34-64-30-42-68(43-31-64)82-84-85-83(96-82)69-44-32-65(33-45-69)35-47-71-61-79(95-59-25-16-10-4)73(63-77(71)93-57-23-14-8-2)49-37-67-40-52-75(53-41-67)91-55-27-21-29-81(87)89-12-6/h30-33,38-45,50-53,60-63H,7-29,54-59H2,1-6H3. The molecule has 0 saturated carbocycles. The maximum absolute atomic E-state index is 11.7. The molecule has 0 unspecified atom stereocenters. The van der Waals surface area contributed by atoms with Crippen molar-refractivity contribution in [1.29, 1.82) is 0 Å². The number of ether oxygens (including phenoxy) is 8. The first-order valence-corrected chi connectivity index (χ1v) is 35.8. The van der Waals surface area contributed by atoms with Crippen molar-refractivity contribution in [3.8, 4) is 103 Å². The first-order chi connectivity index (χ1) is 47.2. The highest BCUT2D eigenvalue weighted by Crippen LogP contribution is 2.33. The van der Waals surface area contributed by atoms with E-state index in [4.69, 9.17) is 37.9 Å². The Hall–Kier alpha value is -9.14. The second kappa shape index (κ2) is 43.8. The van der Waals surface area contributed by atoms with Crippen molar-refractivity contribution in [2.24, 2.45) is 0 Å². The number of rotatable bonds is 39. The molecule has 0 amide bonds. The summed E-state index contributed by atoms with van der Waals surface area (Å²) in [5.41, 5.74) is 8.24. The molecular weight excluding hydrogens is 1220 g/mol. The van der Waals surface area contributed by atoms with E-state index in [1.54, 1.807) is 0 Å². The van der Waals surface area contributed by atoms with Crippen molar-refractivity contribution in [1.82, 2.24) is 10.2 Å². The van der Waals surface area contributed by atoms with E-state index in [0.29, 0.717) is 95.1 Å². The zero-order valence-corrected chi connectivity index (χ0v) is 58.3. The highest BCUT2D eigenvalue weighted by atomic mass is 32.1. The van der Waals surface area contributed by atoms with Crippen LogP contribution in [0.25, 0.3) is 21.1 Å². The molecule has 6 aromatic carbocycles. The molecule has 0 aliphatic heterocycles. The molecule has 1 heterocycles. The summed E-state index contributed by atoms with van der Waals surface area (Å²) in [4.78, 5) is 23.3. The highest BCUT2D eigenvalue weighted by molar-refractivity contribution is 7.17. The molecule has 0 radical (unpaired) electrons. The average molecular weight is 1310 g/mol. The summed E-state index contributed by atoms with van der Waals surface area (Å²) in [5, 5.41) is 10.8. The van der Waals surface area contributed by atoms with Gasteiger partial charge in [0.2, 0.25) is 0 Å². The van der Waals surface area contributed by atoms with Crippen molar-refractivity contribution in [2.45, 2.75) is 176 Å². The van der Waals surface area contributed by atoms with E-state index in [-0.39, 0.29) is 11.9 Å². The molecule has 13 heteroatoms. The van der Waals surface area contributed by atoms with Gasteiger partial charge in [0, 0.05) is 70.5 Å². The minimum absolute atomic E-state index is 0.112. The van der Waals surface area contributed by atoms with Gasteiger partial charge in [0.1, 0.15) is 44.5 Å². The molecule has 504 valence electrons. The van der Waals surface area contributed by atoms with Crippen LogP contribution in [-0.2, 0) is 19.1 Å². The average Bonchev–Trinajstić information content (AvgIpc) is 1.29. The van der Waals surface area contributed by atoms with Crippen LogP contribution in [-0.4, -0.2) is 75.0 Å². The van der Waals surface area contributed by atoms with Gasteiger partial charge in [-0.15, -0.1) is 10.2 Å². The second-order valence-corrected chi connectivity index (χ2v) is 24.3. The van der Waals surface area contributed by atoms with E-state index in [1.165, 1.54) is 11.3 Å². The van der Waals surface area contributed by atoms with Crippen LogP contribution in [0, 0.1) is 47.4 Å². The normalized spacial score (nSPS) is 10.5. The Bertz CT molecular complexity index is 3740. The fourth-order valence-electron chi connectivity index (χ4n) is 9.92. The quantitative estimate of drug-likeness (QED) is 0.0206. The van der Waals surface area contributed by atoms with Gasteiger partial charge >= 0.3 is 11.9 Å². The second-order valence-electron chi connectivity index (χ2n) is 23.3. The van der Waals surface area contributed by atoms with E-state index in [1.807, 2.05) is 135 Å². The molecule has 96 heavy (non-hydrogen) atoms. The first-order valence-electron chi connectivity index (χ1n) is 35.0. The lowest BCUT2D eigenvalue weighted by molar-refractivity contribution is -0.144. The minimum Gasteiger partial charge on any atom is -0.494 e. The van der Waals surface area contributed by atoms with Crippen molar-refractivity contribution >= 4 is 23.3 Å². The Labute approximate surface area is 575 Å². The molecule has 12 nitrogen and oxygen atoms in total. The van der Waals surface area contributed by atoms with Crippen molar-refractivity contribution < 1.29 is 47.5 Å². The van der Waals surface area contributed by atoms with Crippen LogP contribution in [0.15, 0.2) is 121 Å². The van der Waals surface area contributed by atoms with Crippen molar-refractivity contribution in [2.75, 3.05) is 52.9 Å². The number of esters is 2. The molecule has 0 spiro atoms. The number of benzene rings is 6. The molecule has 0 atom stereocenters. The van der Waals surface area contributed by atoms with Gasteiger partial charge < -0.3 is 37.9 Å². The highest BCUT2D eigenvalue weighted by Gasteiger charge is 2.15. The molecule has 0 N–H and O–H groups in total. The zero-order chi connectivity index (χ0) is 67.6. The molecule has 0 aliphatic carbocycles. The van der Waals surface area contributed by atoms with Crippen molar-refractivity contribution in [3.63, 3.8) is 0 Å². The van der Waals surface area contributed by atoms with Crippen LogP contribution in [0.2, 0.25) is 0 Å². The fraction of sp³-hybridized carbons (Fsp3) is 0.422. The Morgan fingerprint density at radius 2 is 0.594 bits per heavy atom. The van der Waals surface area contributed by atoms with Gasteiger partial charge in [0.15, 0.2) is 0 Å². The number of hydrogen-bond donors (Lipinski definition) is 0. The maximum Gasteiger partial charge on any atom is 0.305 e. The van der Waals surface area contributed by atoms with Crippen molar-refractivity contribution in [3.05, 3.63) is 166 Å². The van der Waals surface area contributed by atoms with E-state index >= 15 is 0 Å². The molecule has 7 rings (SSSR count). The smallest absolute Gasteiger partial charge is 0.305 e. The number of carbonyl (C=O) groups excluding carboxylic acids is 2. The third kappa shape index (κ3) is 26.9. The van der Waals surface area contributed by atoms with Gasteiger partial charge in [0.25, 0.3) is 0 Å². The Morgan fingerprint density at radius 1 is 0.323 bits per heavy atom. The van der Waals surface area contributed by atoms with Crippen LogP contribution in [0.4, 0.5) is 0 Å². The predicted molar refractivity (Wildman–Crippen MR) is 386 cm³/mol. The zero-order valence-electron chi connectivity index (χ0n) is 57.4. The lowest BCUT2D eigenvalue weighted by atomic mass is 10.1. The summed E-state index contributed by atoms with van der Waals surface area (Å²) in [6, 6.07) is 39.7. The molecule has 0 aliphatic rings. The summed E-state index contributed by atoms with van der Waals surface area (Å²) in [6.45, 7) is 16.6. The fourth-order valence-corrected chi connectivity index (χ4v) is 10.8. The molecule has 1 aromatic heterocycles.